The first-order valence-corrected chi connectivity index (χ1v) is 11.1. The normalized spacial score (nSPS) is 11.4. The largest absolute Gasteiger partial charge is 0.268 e. The van der Waals surface area contributed by atoms with Gasteiger partial charge in [0.25, 0.3) is 15.9 Å². The van der Waals surface area contributed by atoms with Crippen LogP contribution < -0.4 is 4.72 Å². The number of sulfonamides is 1. The molecule has 7 heteroatoms. The van der Waals surface area contributed by atoms with Crippen molar-refractivity contribution in [3.05, 3.63) is 78.6 Å². The van der Waals surface area contributed by atoms with Gasteiger partial charge < -0.3 is 0 Å². The number of amides is 1. The summed E-state index contributed by atoms with van der Waals surface area (Å²) in [5.74, 6) is -0.672. The standard InChI is InChI=1S/C21H20N2O3S2/c1-15(2)27-20-13-17(10-11-19(20)16-7-4-3-5-8-16)21(24)23-28(25,26)18-9-6-12-22-14-18/h3-15H,1-2H3,(H,23,24). The van der Waals surface area contributed by atoms with E-state index < -0.39 is 15.9 Å². The quantitative estimate of drug-likeness (QED) is 0.609. The fourth-order valence-electron chi connectivity index (χ4n) is 2.62. The molecule has 0 aliphatic carbocycles. The lowest BCUT2D eigenvalue weighted by Crippen LogP contribution is -2.30. The molecule has 0 fully saturated rings. The minimum atomic E-state index is -3.97. The Morgan fingerprint density at radius 3 is 2.43 bits per heavy atom. The summed E-state index contributed by atoms with van der Waals surface area (Å²) in [7, 11) is -3.97. The van der Waals surface area contributed by atoms with Crippen LogP contribution in [0.25, 0.3) is 11.1 Å². The third kappa shape index (κ3) is 4.79. The first-order chi connectivity index (χ1) is 13.4. The fraction of sp³-hybridized carbons (Fsp3) is 0.143. The smallest absolute Gasteiger partial charge is 0.265 e. The Kier molecular flexibility index (Phi) is 6.16. The average molecular weight is 413 g/mol. The molecule has 0 saturated carbocycles. The van der Waals surface area contributed by atoms with E-state index >= 15 is 0 Å². The summed E-state index contributed by atoms with van der Waals surface area (Å²) in [6.07, 6.45) is 2.67. The first kappa shape index (κ1) is 20.1. The van der Waals surface area contributed by atoms with Crippen molar-refractivity contribution >= 4 is 27.7 Å². The highest BCUT2D eigenvalue weighted by Crippen LogP contribution is 2.34. The topological polar surface area (TPSA) is 76.1 Å². The van der Waals surface area contributed by atoms with E-state index in [1.807, 2.05) is 36.4 Å². The third-order valence-electron chi connectivity index (χ3n) is 3.86. The van der Waals surface area contributed by atoms with E-state index in [4.69, 9.17) is 0 Å². The van der Waals surface area contributed by atoms with Crippen LogP contribution in [0.4, 0.5) is 0 Å². The van der Waals surface area contributed by atoms with Crippen molar-refractivity contribution in [2.24, 2.45) is 0 Å². The zero-order chi connectivity index (χ0) is 20.1. The Hall–Kier alpha value is -2.64. The molecule has 2 aromatic carbocycles. The van der Waals surface area contributed by atoms with Crippen molar-refractivity contribution in [3.63, 3.8) is 0 Å². The number of nitrogens with zero attached hydrogens (tertiary/aromatic N) is 1. The molecule has 144 valence electrons. The van der Waals surface area contributed by atoms with Gasteiger partial charge in [-0.25, -0.2) is 13.1 Å². The van der Waals surface area contributed by atoms with E-state index in [1.54, 1.807) is 23.9 Å². The maximum atomic E-state index is 12.6. The van der Waals surface area contributed by atoms with Crippen molar-refractivity contribution in [1.29, 1.82) is 0 Å². The van der Waals surface area contributed by atoms with Crippen LogP contribution in [0.5, 0.6) is 0 Å². The zero-order valence-corrected chi connectivity index (χ0v) is 17.1. The van der Waals surface area contributed by atoms with E-state index in [1.165, 1.54) is 24.5 Å². The monoisotopic (exact) mass is 412 g/mol. The Balaban J connectivity index is 1.93. The molecule has 0 bridgehead atoms. The molecule has 0 radical (unpaired) electrons. The lowest BCUT2D eigenvalue weighted by Gasteiger charge is -2.14. The van der Waals surface area contributed by atoms with Gasteiger partial charge in [0, 0.05) is 28.1 Å². The SMILES string of the molecule is CC(C)Sc1cc(C(=O)NS(=O)(=O)c2cccnc2)ccc1-c1ccccc1. The Labute approximate surface area is 169 Å². The van der Waals surface area contributed by atoms with Gasteiger partial charge >= 0.3 is 0 Å². The average Bonchev–Trinajstić information content (AvgIpc) is 2.68. The third-order valence-corrected chi connectivity index (χ3v) is 6.24. The van der Waals surface area contributed by atoms with Crippen molar-refractivity contribution in [2.75, 3.05) is 0 Å². The second kappa shape index (κ2) is 8.58. The molecule has 3 rings (SSSR count). The molecule has 0 aliphatic rings. The Bertz CT molecular complexity index is 1070. The predicted molar refractivity (Wildman–Crippen MR) is 112 cm³/mol. The molecule has 1 heterocycles. The van der Waals surface area contributed by atoms with Gasteiger partial charge in [-0.2, -0.15) is 0 Å². The number of rotatable bonds is 6. The van der Waals surface area contributed by atoms with Gasteiger partial charge in [-0.05, 0) is 35.4 Å². The maximum absolute atomic E-state index is 12.6. The predicted octanol–water partition coefficient (Wildman–Crippen LogP) is 4.37. The van der Waals surface area contributed by atoms with Crippen LogP contribution in [0.15, 0.2) is 82.8 Å². The summed E-state index contributed by atoms with van der Waals surface area (Å²) in [5, 5.41) is 0.305. The highest BCUT2D eigenvalue weighted by atomic mass is 32.2. The summed E-state index contributed by atoms with van der Waals surface area (Å²) in [6.45, 7) is 4.14. The molecule has 28 heavy (non-hydrogen) atoms. The number of hydrogen-bond donors (Lipinski definition) is 1. The van der Waals surface area contributed by atoms with Crippen LogP contribution in [-0.2, 0) is 10.0 Å². The van der Waals surface area contributed by atoms with Gasteiger partial charge in [0.1, 0.15) is 4.90 Å². The first-order valence-electron chi connectivity index (χ1n) is 8.70. The Morgan fingerprint density at radius 2 is 1.79 bits per heavy atom. The van der Waals surface area contributed by atoms with E-state index in [2.05, 4.69) is 23.6 Å². The second-order valence-electron chi connectivity index (χ2n) is 6.37. The number of thioether (sulfide) groups is 1. The molecule has 0 unspecified atom stereocenters. The highest BCUT2D eigenvalue weighted by molar-refractivity contribution is 8.00. The fourth-order valence-corrected chi connectivity index (χ4v) is 4.57. The van der Waals surface area contributed by atoms with E-state index in [-0.39, 0.29) is 10.5 Å². The van der Waals surface area contributed by atoms with Crippen LogP contribution in [0.1, 0.15) is 24.2 Å². The molecule has 0 saturated heterocycles. The molecule has 1 amide bonds. The van der Waals surface area contributed by atoms with Crippen LogP contribution in [0.3, 0.4) is 0 Å². The number of carbonyl (C=O) groups is 1. The molecule has 0 aliphatic heterocycles. The minimum absolute atomic E-state index is 0.0546. The second-order valence-corrected chi connectivity index (χ2v) is 9.67. The molecule has 5 nitrogen and oxygen atoms in total. The summed E-state index contributed by atoms with van der Waals surface area (Å²) < 4.78 is 26.9. The van der Waals surface area contributed by atoms with Crippen LogP contribution in [0, 0.1) is 0 Å². The van der Waals surface area contributed by atoms with Crippen molar-refractivity contribution in [1.82, 2.24) is 9.71 Å². The van der Waals surface area contributed by atoms with Gasteiger partial charge in [0.05, 0.1) is 0 Å². The summed E-state index contributed by atoms with van der Waals surface area (Å²) in [5.41, 5.74) is 2.34. The van der Waals surface area contributed by atoms with Crippen LogP contribution in [0.2, 0.25) is 0 Å². The van der Waals surface area contributed by atoms with Gasteiger partial charge in [-0.1, -0.05) is 50.2 Å². The zero-order valence-electron chi connectivity index (χ0n) is 15.5. The number of nitrogens with one attached hydrogen (secondary N) is 1. The van der Waals surface area contributed by atoms with Crippen molar-refractivity contribution in [2.45, 2.75) is 28.9 Å². The van der Waals surface area contributed by atoms with Gasteiger partial charge in [-0.15, -0.1) is 11.8 Å². The van der Waals surface area contributed by atoms with Gasteiger partial charge in [0.15, 0.2) is 0 Å². The number of pyridine rings is 1. The summed E-state index contributed by atoms with van der Waals surface area (Å²) >= 11 is 1.63. The Morgan fingerprint density at radius 1 is 1.04 bits per heavy atom. The van der Waals surface area contributed by atoms with Crippen molar-refractivity contribution in [3.8, 4) is 11.1 Å². The number of hydrogen-bond acceptors (Lipinski definition) is 5. The van der Waals surface area contributed by atoms with Crippen molar-refractivity contribution < 1.29 is 13.2 Å². The summed E-state index contributed by atoms with van der Waals surface area (Å²) in [4.78, 5) is 17.3. The lowest BCUT2D eigenvalue weighted by atomic mass is 10.0. The van der Waals surface area contributed by atoms with E-state index in [0.717, 1.165) is 16.0 Å². The molecule has 0 atom stereocenters. The van der Waals surface area contributed by atoms with Crippen LogP contribution in [-0.4, -0.2) is 24.6 Å². The molecule has 0 spiro atoms. The van der Waals surface area contributed by atoms with Gasteiger partial charge in [0.2, 0.25) is 0 Å². The van der Waals surface area contributed by atoms with Gasteiger partial charge in [-0.3, -0.25) is 9.78 Å². The molecule has 1 aromatic heterocycles. The number of carbonyl (C=O) groups excluding carboxylic acids is 1. The molecule has 3 aromatic rings. The van der Waals surface area contributed by atoms with Crippen LogP contribution >= 0.6 is 11.8 Å². The number of aromatic nitrogens is 1. The summed E-state index contributed by atoms with van der Waals surface area (Å²) in [6, 6.07) is 18.0. The highest BCUT2D eigenvalue weighted by Gasteiger charge is 2.20. The molecular weight excluding hydrogens is 392 g/mol. The lowest BCUT2D eigenvalue weighted by molar-refractivity contribution is 0.0981. The maximum Gasteiger partial charge on any atom is 0.265 e. The minimum Gasteiger partial charge on any atom is -0.268 e. The molecular formula is C21H20N2O3S2. The number of benzene rings is 2. The van der Waals surface area contributed by atoms with E-state index in [0.29, 0.717) is 5.25 Å². The van der Waals surface area contributed by atoms with E-state index in [9.17, 15) is 13.2 Å². The molecule has 1 N–H and O–H groups in total.